The molecule has 1 aromatic rings. The van der Waals surface area contributed by atoms with Crippen LogP contribution in [0.1, 0.15) is 76.2 Å². The van der Waals surface area contributed by atoms with Gasteiger partial charge in [0.2, 0.25) is 5.91 Å². The molecular formula is C25H34FN3O2. The Morgan fingerprint density at radius 1 is 1.16 bits per heavy atom. The van der Waals surface area contributed by atoms with Crippen LogP contribution in [0.3, 0.4) is 0 Å². The maximum absolute atomic E-state index is 13.7. The lowest BCUT2D eigenvalue weighted by Gasteiger charge is -2.50. The van der Waals surface area contributed by atoms with Crippen LogP contribution in [0.4, 0.5) is 9.18 Å². The van der Waals surface area contributed by atoms with Crippen molar-refractivity contribution in [3.05, 3.63) is 35.6 Å². The minimum absolute atomic E-state index is 0.0548. The lowest BCUT2D eigenvalue weighted by Crippen LogP contribution is -2.59. The third-order valence-corrected chi connectivity index (χ3v) is 8.82. The molecule has 4 bridgehead atoms. The number of nitrogens with one attached hydrogen (secondary N) is 1. The smallest absolute Gasteiger partial charge is 0.318 e. The highest BCUT2D eigenvalue weighted by molar-refractivity contribution is 5.81. The number of piperidine rings is 1. The van der Waals surface area contributed by atoms with Gasteiger partial charge in [-0.3, -0.25) is 4.79 Å². The van der Waals surface area contributed by atoms with Crippen molar-refractivity contribution in [3.8, 4) is 0 Å². The topological polar surface area (TPSA) is 75.4 Å². The molecule has 6 heteroatoms. The summed E-state index contributed by atoms with van der Waals surface area (Å²) in [6.07, 6.45) is 8.40. The van der Waals surface area contributed by atoms with Gasteiger partial charge in [0.05, 0.1) is 0 Å². The lowest BCUT2D eigenvalue weighted by molar-refractivity contribution is -0.135. The van der Waals surface area contributed by atoms with E-state index in [1.54, 1.807) is 12.1 Å². The highest BCUT2D eigenvalue weighted by Gasteiger charge is 2.51. The number of urea groups is 1. The molecule has 31 heavy (non-hydrogen) atoms. The Morgan fingerprint density at radius 2 is 1.90 bits per heavy atom. The molecule has 168 valence electrons. The van der Waals surface area contributed by atoms with Gasteiger partial charge in [-0.25, -0.2) is 9.18 Å². The standard InChI is InChI=1S/C25H34FN3O2/c1-15-13-25(23(27)30)9-3-5-17(14-25)22(15)28-24(31)29-20-7-8-21(29)12-18(11-20)16-4-2-6-19(26)10-16/h2,4,6,10,15,17-18,20-22H,3,5,7-9,11-14H2,1H3,(H2,27,30)(H,28,31)/t15?,17?,18?,20-,21+,22-,25?/m1/s1. The van der Waals surface area contributed by atoms with E-state index in [1.807, 2.05) is 6.07 Å². The van der Waals surface area contributed by atoms with Crippen molar-refractivity contribution < 1.29 is 14.0 Å². The third kappa shape index (κ3) is 3.62. The SMILES string of the molecule is CC1CC2(C(N)=O)CCCC(C2)[C@@H]1NC(=O)N1[C@@H]2CC[C@H]1CC(c1cccc(F)c1)C2. The number of fused-ring (bicyclic) bond motifs is 4. The van der Waals surface area contributed by atoms with Crippen molar-refractivity contribution in [3.63, 3.8) is 0 Å². The predicted octanol–water partition coefficient (Wildman–Crippen LogP) is 4.32. The van der Waals surface area contributed by atoms with E-state index in [9.17, 15) is 14.0 Å². The van der Waals surface area contributed by atoms with Crippen molar-refractivity contribution in [2.45, 2.75) is 88.8 Å². The molecule has 4 aliphatic rings. The predicted molar refractivity (Wildman–Crippen MR) is 117 cm³/mol. The molecule has 0 aromatic heterocycles. The van der Waals surface area contributed by atoms with Gasteiger partial charge in [-0.2, -0.15) is 0 Å². The molecule has 4 unspecified atom stereocenters. The summed E-state index contributed by atoms with van der Waals surface area (Å²) in [4.78, 5) is 27.7. The fraction of sp³-hybridized carbons (Fsp3) is 0.680. The van der Waals surface area contributed by atoms with Gasteiger partial charge < -0.3 is 16.0 Å². The van der Waals surface area contributed by atoms with Crippen LogP contribution in [0.5, 0.6) is 0 Å². The van der Waals surface area contributed by atoms with Gasteiger partial charge in [0.15, 0.2) is 0 Å². The first kappa shape index (κ1) is 20.8. The maximum atomic E-state index is 13.7. The molecule has 1 aromatic carbocycles. The summed E-state index contributed by atoms with van der Waals surface area (Å²) >= 11 is 0. The molecule has 3 N–H and O–H groups in total. The Morgan fingerprint density at radius 3 is 2.58 bits per heavy atom. The number of hydrogen-bond acceptors (Lipinski definition) is 2. The van der Waals surface area contributed by atoms with Crippen molar-refractivity contribution in [2.75, 3.05) is 0 Å². The van der Waals surface area contributed by atoms with E-state index < -0.39 is 0 Å². The molecule has 3 amide bonds. The van der Waals surface area contributed by atoms with Crippen molar-refractivity contribution in [2.24, 2.45) is 23.0 Å². The van der Waals surface area contributed by atoms with Gasteiger partial charge in [0.1, 0.15) is 5.82 Å². The van der Waals surface area contributed by atoms with Crippen LogP contribution in [-0.4, -0.2) is 35.0 Å². The first-order chi connectivity index (χ1) is 14.9. The van der Waals surface area contributed by atoms with Gasteiger partial charge in [0.25, 0.3) is 0 Å². The van der Waals surface area contributed by atoms with Crippen LogP contribution in [-0.2, 0) is 4.79 Å². The zero-order valence-electron chi connectivity index (χ0n) is 18.4. The molecule has 0 radical (unpaired) electrons. The minimum Gasteiger partial charge on any atom is -0.369 e. The molecule has 2 saturated carbocycles. The number of amides is 3. The van der Waals surface area contributed by atoms with Crippen LogP contribution < -0.4 is 11.1 Å². The highest BCUT2D eigenvalue weighted by Crippen LogP contribution is 2.51. The third-order valence-electron chi connectivity index (χ3n) is 8.82. The Bertz CT molecular complexity index is 858. The summed E-state index contributed by atoms with van der Waals surface area (Å²) in [6, 6.07) is 7.55. The number of carbonyl (C=O) groups is 2. The molecule has 2 aliphatic carbocycles. The summed E-state index contributed by atoms with van der Waals surface area (Å²) in [7, 11) is 0. The number of nitrogens with two attached hydrogens (primary N) is 1. The fourth-order valence-electron chi connectivity index (χ4n) is 7.45. The summed E-state index contributed by atoms with van der Waals surface area (Å²) in [5.41, 5.74) is 6.48. The highest BCUT2D eigenvalue weighted by atomic mass is 19.1. The summed E-state index contributed by atoms with van der Waals surface area (Å²) in [5, 5.41) is 3.39. The van der Waals surface area contributed by atoms with E-state index in [0.717, 1.165) is 63.4 Å². The molecule has 5 nitrogen and oxygen atoms in total. The molecule has 0 spiro atoms. The second kappa shape index (κ2) is 7.79. The first-order valence-electron chi connectivity index (χ1n) is 12.0. The molecule has 2 heterocycles. The Labute approximate surface area is 183 Å². The zero-order valence-corrected chi connectivity index (χ0v) is 18.4. The molecule has 7 atom stereocenters. The molecule has 2 saturated heterocycles. The Balaban J connectivity index is 1.27. The molecule has 5 rings (SSSR count). The monoisotopic (exact) mass is 427 g/mol. The number of rotatable bonds is 3. The quantitative estimate of drug-likeness (QED) is 0.754. The van der Waals surface area contributed by atoms with E-state index in [1.165, 1.54) is 6.07 Å². The first-order valence-corrected chi connectivity index (χ1v) is 12.0. The zero-order chi connectivity index (χ0) is 21.8. The van der Waals surface area contributed by atoms with Crippen LogP contribution in [0.25, 0.3) is 0 Å². The average molecular weight is 428 g/mol. The van der Waals surface area contributed by atoms with Gasteiger partial charge >= 0.3 is 6.03 Å². The van der Waals surface area contributed by atoms with Crippen LogP contribution in [0, 0.1) is 23.1 Å². The van der Waals surface area contributed by atoms with E-state index in [2.05, 4.69) is 17.1 Å². The second-order valence-electron chi connectivity index (χ2n) is 10.7. The summed E-state index contributed by atoms with van der Waals surface area (Å²) < 4.78 is 13.7. The number of hydrogen-bond donors (Lipinski definition) is 2. The summed E-state index contributed by atoms with van der Waals surface area (Å²) in [6.45, 7) is 2.16. The number of benzene rings is 1. The second-order valence-corrected chi connectivity index (χ2v) is 10.7. The molecule has 2 aliphatic heterocycles. The lowest BCUT2D eigenvalue weighted by atomic mass is 9.57. The van der Waals surface area contributed by atoms with Crippen molar-refractivity contribution in [1.29, 1.82) is 0 Å². The van der Waals surface area contributed by atoms with E-state index >= 15 is 0 Å². The largest absolute Gasteiger partial charge is 0.369 e. The minimum atomic E-state index is -0.369. The number of carbonyl (C=O) groups excluding carboxylic acids is 2. The molecule has 4 fully saturated rings. The Hall–Kier alpha value is -2.11. The van der Waals surface area contributed by atoms with E-state index in [-0.39, 0.29) is 47.2 Å². The number of halogens is 1. The normalized spacial score (nSPS) is 39.2. The van der Waals surface area contributed by atoms with Gasteiger partial charge in [-0.05, 0) is 86.8 Å². The van der Waals surface area contributed by atoms with Gasteiger partial charge in [0, 0.05) is 23.5 Å². The van der Waals surface area contributed by atoms with Gasteiger partial charge in [-0.1, -0.05) is 25.5 Å². The number of primary amides is 1. The summed E-state index contributed by atoms with van der Waals surface area (Å²) in [5.74, 6) is 0.553. The fourth-order valence-corrected chi connectivity index (χ4v) is 7.45. The van der Waals surface area contributed by atoms with Crippen LogP contribution >= 0.6 is 0 Å². The van der Waals surface area contributed by atoms with Crippen LogP contribution in [0.15, 0.2) is 24.3 Å². The Kier molecular flexibility index (Phi) is 5.22. The maximum Gasteiger partial charge on any atom is 0.318 e. The van der Waals surface area contributed by atoms with Crippen molar-refractivity contribution >= 4 is 11.9 Å². The van der Waals surface area contributed by atoms with Gasteiger partial charge in [-0.15, -0.1) is 0 Å². The van der Waals surface area contributed by atoms with E-state index in [0.29, 0.717) is 11.8 Å². The average Bonchev–Trinajstić information content (AvgIpc) is 3.00. The number of nitrogens with zero attached hydrogens (tertiary/aromatic N) is 1. The molecular weight excluding hydrogens is 393 g/mol. The van der Waals surface area contributed by atoms with Crippen LogP contribution in [0.2, 0.25) is 0 Å². The van der Waals surface area contributed by atoms with E-state index in [4.69, 9.17) is 5.73 Å². The van der Waals surface area contributed by atoms with Crippen molar-refractivity contribution in [1.82, 2.24) is 10.2 Å².